The molecule has 12 heteroatoms. The number of amides is 2. The first kappa shape index (κ1) is 24.6. The van der Waals surface area contributed by atoms with E-state index in [0.29, 0.717) is 31.3 Å². The molecular formula is C23H31F3N4O4S. The molecule has 194 valence electrons. The first-order valence-electron chi connectivity index (χ1n) is 12.2. The van der Waals surface area contributed by atoms with Gasteiger partial charge < -0.3 is 10.6 Å². The molecule has 0 aromatic heterocycles. The third-order valence-electron chi connectivity index (χ3n) is 8.48. The second-order valence-electron chi connectivity index (χ2n) is 10.7. The van der Waals surface area contributed by atoms with Crippen molar-refractivity contribution in [2.75, 3.05) is 26.7 Å². The van der Waals surface area contributed by atoms with E-state index in [1.165, 1.54) is 0 Å². The zero-order valence-corrected chi connectivity index (χ0v) is 20.4. The molecule has 2 N–H and O–H groups in total. The Hall–Kier alpha value is -2.08. The van der Waals surface area contributed by atoms with Crippen LogP contribution in [0.4, 0.5) is 13.2 Å². The van der Waals surface area contributed by atoms with E-state index in [1.54, 1.807) is 7.05 Å². The Kier molecular flexibility index (Phi) is 6.18. The molecule has 6 rings (SSSR count). The Bertz CT molecular complexity index is 1080. The van der Waals surface area contributed by atoms with Crippen LogP contribution in [0.5, 0.6) is 0 Å². The van der Waals surface area contributed by atoms with Crippen LogP contribution in [0.2, 0.25) is 0 Å². The lowest BCUT2D eigenvalue weighted by atomic mass is 9.47. The molecule has 1 heterocycles. The SMILES string of the molecule is CNC(=O)C12CC3CC(C1)C(NC(=O)CN1CCCN(C4=C(F)CC(F)C(F)=C4)S1(=O)=O)C(C3)C2. The number of nitrogens with one attached hydrogen (secondary N) is 2. The third-order valence-corrected chi connectivity index (χ3v) is 10.4. The number of hydrogen-bond donors (Lipinski definition) is 2. The van der Waals surface area contributed by atoms with Gasteiger partial charge in [0.2, 0.25) is 11.8 Å². The molecule has 2 amide bonds. The van der Waals surface area contributed by atoms with Crippen molar-refractivity contribution >= 4 is 22.0 Å². The maximum Gasteiger partial charge on any atom is 0.304 e. The summed E-state index contributed by atoms with van der Waals surface area (Å²) in [6, 6.07) is -0.113. The first-order chi connectivity index (χ1) is 16.5. The van der Waals surface area contributed by atoms with Gasteiger partial charge in [0.1, 0.15) is 11.7 Å². The predicted molar refractivity (Wildman–Crippen MR) is 121 cm³/mol. The van der Waals surface area contributed by atoms with Crippen molar-refractivity contribution in [3.05, 3.63) is 23.4 Å². The summed E-state index contributed by atoms with van der Waals surface area (Å²) in [4.78, 5) is 25.6. The maximum absolute atomic E-state index is 14.4. The minimum absolute atomic E-state index is 0.0648. The Morgan fingerprint density at radius 1 is 1.14 bits per heavy atom. The van der Waals surface area contributed by atoms with Crippen molar-refractivity contribution in [2.45, 2.75) is 57.2 Å². The molecule has 4 bridgehead atoms. The summed E-state index contributed by atoms with van der Waals surface area (Å²) in [5.74, 6) is -1.85. The van der Waals surface area contributed by atoms with Crippen LogP contribution < -0.4 is 10.6 Å². The summed E-state index contributed by atoms with van der Waals surface area (Å²) in [6.07, 6.45) is 2.09. The molecule has 35 heavy (non-hydrogen) atoms. The molecule has 1 aliphatic heterocycles. The maximum atomic E-state index is 14.4. The number of carbonyl (C=O) groups is 2. The van der Waals surface area contributed by atoms with Gasteiger partial charge in [0.15, 0.2) is 6.17 Å². The second-order valence-corrected chi connectivity index (χ2v) is 12.5. The Labute approximate surface area is 203 Å². The highest BCUT2D eigenvalue weighted by molar-refractivity contribution is 7.87. The van der Waals surface area contributed by atoms with Gasteiger partial charge in [0.05, 0.1) is 17.7 Å². The van der Waals surface area contributed by atoms with Crippen molar-refractivity contribution in [1.82, 2.24) is 19.2 Å². The van der Waals surface area contributed by atoms with Crippen LogP contribution in [0.25, 0.3) is 0 Å². The molecule has 5 aliphatic carbocycles. The highest BCUT2D eigenvalue weighted by Gasteiger charge is 2.58. The Morgan fingerprint density at radius 2 is 1.83 bits per heavy atom. The van der Waals surface area contributed by atoms with E-state index >= 15 is 0 Å². The predicted octanol–water partition coefficient (Wildman–Crippen LogP) is 2.07. The molecule has 4 saturated carbocycles. The van der Waals surface area contributed by atoms with E-state index in [9.17, 15) is 31.2 Å². The van der Waals surface area contributed by atoms with Gasteiger partial charge in [-0.2, -0.15) is 12.7 Å². The zero-order valence-electron chi connectivity index (χ0n) is 19.6. The summed E-state index contributed by atoms with van der Waals surface area (Å²) in [6.45, 7) is -0.455. The van der Waals surface area contributed by atoms with Crippen LogP contribution in [-0.2, 0) is 19.8 Å². The molecule has 0 aromatic carbocycles. The van der Waals surface area contributed by atoms with Gasteiger partial charge in [-0.25, -0.2) is 13.2 Å². The van der Waals surface area contributed by atoms with Crippen LogP contribution in [0, 0.1) is 23.2 Å². The fourth-order valence-electron chi connectivity index (χ4n) is 7.23. The second kappa shape index (κ2) is 8.79. The lowest BCUT2D eigenvalue weighted by molar-refractivity contribution is -0.150. The monoisotopic (exact) mass is 516 g/mol. The van der Waals surface area contributed by atoms with E-state index in [0.717, 1.165) is 27.9 Å². The number of halogens is 3. The summed E-state index contributed by atoms with van der Waals surface area (Å²) in [7, 11) is -2.65. The minimum Gasteiger partial charge on any atom is -0.359 e. The Morgan fingerprint density at radius 3 is 2.49 bits per heavy atom. The molecular weight excluding hydrogens is 485 g/mol. The Balaban J connectivity index is 1.27. The van der Waals surface area contributed by atoms with Crippen molar-refractivity contribution in [3.63, 3.8) is 0 Å². The standard InChI is InChI=1S/C23H31F3N4O4S/c1-27-22(32)23-9-13-5-14(10-23)21(15(6-13)11-23)28-20(31)12-29-3-2-4-30(35(29,33)34)19-8-17(25)16(24)7-18(19)26/h8,13-16,21H,2-7,9-12H2,1H3,(H,27,32)(H,28,31). The van der Waals surface area contributed by atoms with Crippen molar-refractivity contribution in [1.29, 1.82) is 0 Å². The molecule has 8 nitrogen and oxygen atoms in total. The number of alkyl halides is 1. The molecule has 0 aromatic rings. The van der Waals surface area contributed by atoms with Gasteiger partial charge in [-0.3, -0.25) is 13.9 Å². The molecule has 1 saturated heterocycles. The van der Waals surface area contributed by atoms with Crippen molar-refractivity contribution < 1.29 is 31.2 Å². The summed E-state index contributed by atoms with van der Waals surface area (Å²) < 4.78 is 69.6. The minimum atomic E-state index is -4.30. The van der Waals surface area contributed by atoms with Gasteiger partial charge in [0.25, 0.3) is 0 Å². The van der Waals surface area contributed by atoms with E-state index < -0.39 is 52.6 Å². The van der Waals surface area contributed by atoms with Gasteiger partial charge >= 0.3 is 10.2 Å². The fraction of sp³-hybridized carbons (Fsp3) is 0.739. The molecule has 0 spiro atoms. The van der Waals surface area contributed by atoms with Gasteiger partial charge in [-0.05, 0) is 62.4 Å². The van der Waals surface area contributed by atoms with E-state index in [2.05, 4.69) is 10.6 Å². The number of carbonyl (C=O) groups excluding carboxylic acids is 2. The number of allylic oxidation sites excluding steroid dienone is 3. The molecule has 6 aliphatic rings. The average molecular weight is 517 g/mol. The zero-order chi connectivity index (χ0) is 25.1. The number of nitrogens with zero attached hydrogens (tertiary/aromatic N) is 2. The van der Waals surface area contributed by atoms with Crippen LogP contribution in [-0.4, -0.2) is 67.7 Å². The van der Waals surface area contributed by atoms with Crippen LogP contribution in [0.15, 0.2) is 23.4 Å². The number of rotatable bonds is 5. The van der Waals surface area contributed by atoms with Gasteiger partial charge in [-0.15, -0.1) is 0 Å². The third kappa shape index (κ3) is 4.16. The smallest absolute Gasteiger partial charge is 0.304 e. The molecule has 5 fully saturated rings. The van der Waals surface area contributed by atoms with Gasteiger partial charge in [0, 0.05) is 32.6 Å². The summed E-state index contributed by atoms with van der Waals surface area (Å²) >= 11 is 0. The highest BCUT2D eigenvalue weighted by atomic mass is 32.2. The van der Waals surface area contributed by atoms with Crippen molar-refractivity contribution in [2.24, 2.45) is 23.2 Å². The van der Waals surface area contributed by atoms with Crippen LogP contribution >= 0.6 is 0 Å². The van der Waals surface area contributed by atoms with Crippen LogP contribution in [0.1, 0.15) is 44.9 Å². The summed E-state index contributed by atoms with van der Waals surface area (Å²) in [5.41, 5.74) is -0.885. The number of hydrogen-bond acceptors (Lipinski definition) is 4. The van der Waals surface area contributed by atoms with Crippen molar-refractivity contribution in [3.8, 4) is 0 Å². The lowest BCUT2D eigenvalue weighted by Crippen LogP contribution is -2.63. The van der Waals surface area contributed by atoms with Crippen LogP contribution in [0.3, 0.4) is 0 Å². The topological polar surface area (TPSA) is 98.8 Å². The van der Waals surface area contributed by atoms with E-state index in [-0.39, 0.29) is 42.3 Å². The largest absolute Gasteiger partial charge is 0.359 e. The normalized spacial score (nSPS) is 38.3. The fourth-order valence-corrected chi connectivity index (χ4v) is 8.91. The molecule has 3 unspecified atom stereocenters. The van der Waals surface area contributed by atoms with E-state index in [4.69, 9.17) is 0 Å². The lowest BCUT2D eigenvalue weighted by Gasteiger charge is -2.59. The molecule has 3 atom stereocenters. The first-order valence-corrected chi connectivity index (χ1v) is 13.6. The quantitative estimate of drug-likeness (QED) is 0.585. The van der Waals surface area contributed by atoms with Gasteiger partial charge in [-0.1, -0.05) is 0 Å². The molecule has 0 radical (unpaired) electrons. The summed E-state index contributed by atoms with van der Waals surface area (Å²) in [5, 5.41) is 5.83. The average Bonchev–Trinajstić information content (AvgIpc) is 2.79. The highest BCUT2D eigenvalue weighted by Crippen LogP contribution is 2.60. The van der Waals surface area contributed by atoms with E-state index in [1.807, 2.05) is 0 Å².